The van der Waals surface area contributed by atoms with Gasteiger partial charge in [-0.1, -0.05) is 0 Å². The van der Waals surface area contributed by atoms with Crippen molar-refractivity contribution in [3.05, 3.63) is 29.8 Å². The van der Waals surface area contributed by atoms with Crippen molar-refractivity contribution in [3.63, 3.8) is 0 Å². The van der Waals surface area contributed by atoms with Gasteiger partial charge < -0.3 is 20.3 Å². The molecule has 3 rings (SSSR count). The van der Waals surface area contributed by atoms with Gasteiger partial charge in [0.25, 0.3) is 0 Å². The van der Waals surface area contributed by atoms with Crippen LogP contribution in [-0.4, -0.2) is 78.8 Å². The van der Waals surface area contributed by atoms with Gasteiger partial charge in [0.05, 0.1) is 13.2 Å². The number of nitrogens with two attached hydrogens (primary N) is 1. The van der Waals surface area contributed by atoms with Gasteiger partial charge in [0.15, 0.2) is 0 Å². The standard InChI is InChI=1S/C20H27N5O4/c1-2-29-19(28)13-23-9-7-16(8-10-23)25-12-17(26)24(11-18(25)27)15-5-3-14(4-6-15)20(21)22/h3-6,16H,2,7-13H2,1H3,(H3,21,22). The number of likely N-dealkylation sites (tertiary alicyclic amines) is 1. The summed E-state index contributed by atoms with van der Waals surface area (Å²) >= 11 is 0. The fourth-order valence-corrected chi connectivity index (χ4v) is 3.80. The lowest BCUT2D eigenvalue weighted by Gasteiger charge is -2.42. The van der Waals surface area contributed by atoms with E-state index >= 15 is 0 Å². The molecule has 29 heavy (non-hydrogen) atoms. The number of carbonyl (C=O) groups is 3. The number of carbonyl (C=O) groups excluding carboxylic acids is 3. The molecule has 2 saturated heterocycles. The number of nitrogens with zero attached hydrogens (tertiary/aromatic N) is 3. The average Bonchev–Trinajstić information content (AvgIpc) is 2.70. The number of amides is 2. The average molecular weight is 401 g/mol. The molecule has 0 unspecified atom stereocenters. The smallest absolute Gasteiger partial charge is 0.320 e. The summed E-state index contributed by atoms with van der Waals surface area (Å²) in [6, 6.07) is 6.74. The first-order chi connectivity index (χ1) is 13.9. The van der Waals surface area contributed by atoms with Crippen molar-refractivity contribution in [2.24, 2.45) is 5.73 Å². The van der Waals surface area contributed by atoms with Gasteiger partial charge in [0, 0.05) is 30.4 Å². The minimum Gasteiger partial charge on any atom is -0.465 e. The van der Waals surface area contributed by atoms with E-state index in [1.165, 1.54) is 4.90 Å². The predicted octanol–water partition coefficient (Wildman–Crippen LogP) is 0.173. The molecule has 0 aromatic heterocycles. The van der Waals surface area contributed by atoms with Crippen LogP contribution in [0.2, 0.25) is 0 Å². The summed E-state index contributed by atoms with van der Waals surface area (Å²) in [4.78, 5) is 42.2. The van der Waals surface area contributed by atoms with Crippen LogP contribution in [0.25, 0.3) is 0 Å². The van der Waals surface area contributed by atoms with Gasteiger partial charge in [0.2, 0.25) is 11.8 Å². The number of hydrogen-bond donors (Lipinski definition) is 2. The molecule has 3 N–H and O–H groups in total. The van der Waals surface area contributed by atoms with Gasteiger partial charge in [-0.2, -0.15) is 0 Å². The number of nitrogens with one attached hydrogen (secondary N) is 1. The van der Waals surface area contributed by atoms with E-state index in [-0.39, 0.29) is 49.3 Å². The zero-order valence-corrected chi connectivity index (χ0v) is 16.6. The van der Waals surface area contributed by atoms with Crippen LogP contribution in [0.3, 0.4) is 0 Å². The van der Waals surface area contributed by atoms with Crippen LogP contribution >= 0.6 is 0 Å². The lowest BCUT2D eigenvalue weighted by Crippen LogP contribution is -2.59. The Morgan fingerprint density at radius 3 is 2.38 bits per heavy atom. The highest BCUT2D eigenvalue weighted by molar-refractivity contribution is 6.05. The lowest BCUT2D eigenvalue weighted by molar-refractivity contribution is -0.146. The maximum atomic E-state index is 12.7. The number of piperazine rings is 1. The maximum absolute atomic E-state index is 12.7. The number of piperidine rings is 1. The van der Waals surface area contributed by atoms with E-state index in [4.69, 9.17) is 15.9 Å². The fourth-order valence-electron chi connectivity index (χ4n) is 3.80. The number of amidine groups is 1. The monoisotopic (exact) mass is 401 g/mol. The van der Waals surface area contributed by atoms with E-state index in [2.05, 4.69) is 0 Å². The number of nitrogen functional groups attached to an aromatic ring is 1. The zero-order valence-electron chi connectivity index (χ0n) is 16.6. The summed E-state index contributed by atoms with van der Waals surface area (Å²) in [6.07, 6.45) is 1.46. The van der Waals surface area contributed by atoms with E-state index in [1.807, 2.05) is 4.90 Å². The molecule has 0 saturated carbocycles. The molecule has 1 aromatic rings. The molecule has 0 aliphatic carbocycles. The molecule has 2 aliphatic heterocycles. The Labute approximate surface area is 169 Å². The Morgan fingerprint density at radius 1 is 1.14 bits per heavy atom. The van der Waals surface area contributed by atoms with Gasteiger partial charge in [0.1, 0.15) is 18.9 Å². The second kappa shape index (κ2) is 9.04. The predicted molar refractivity (Wildman–Crippen MR) is 108 cm³/mol. The Kier molecular flexibility index (Phi) is 6.48. The third-order valence-electron chi connectivity index (χ3n) is 5.37. The van der Waals surface area contributed by atoms with Crippen LogP contribution in [0.5, 0.6) is 0 Å². The molecule has 9 heteroatoms. The first-order valence-corrected chi connectivity index (χ1v) is 9.81. The summed E-state index contributed by atoms with van der Waals surface area (Å²) < 4.78 is 4.98. The van der Waals surface area contributed by atoms with Crippen LogP contribution in [0, 0.1) is 5.41 Å². The van der Waals surface area contributed by atoms with Gasteiger partial charge in [-0.15, -0.1) is 0 Å². The van der Waals surface area contributed by atoms with Crippen LogP contribution in [0.15, 0.2) is 24.3 Å². The summed E-state index contributed by atoms with van der Waals surface area (Å²) in [7, 11) is 0. The highest BCUT2D eigenvalue weighted by Crippen LogP contribution is 2.23. The number of esters is 1. The van der Waals surface area contributed by atoms with Crippen molar-refractivity contribution < 1.29 is 19.1 Å². The fraction of sp³-hybridized carbons (Fsp3) is 0.500. The van der Waals surface area contributed by atoms with E-state index in [9.17, 15) is 14.4 Å². The second-order valence-corrected chi connectivity index (χ2v) is 7.27. The van der Waals surface area contributed by atoms with E-state index < -0.39 is 0 Å². The maximum Gasteiger partial charge on any atom is 0.320 e. The number of hydrogen-bond acceptors (Lipinski definition) is 6. The van der Waals surface area contributed by atoms with Gasteiger partial charge >= 0.3 is 5.97 Å². The molecule has 0 atom stereocenters. The van der Waals surface area contributed by atoms with E-state index in [0.717, 1.165) is 12.8 Å². The quantitative estimate of drug-likeness (QED) is 0.398. The van der Waals surface area contributed by atoms with Crippen LogP contribution in [0.4, 0.5) is 5.69 Å². The highest BCUT2D eigenvalue weighted by Gasteiger charge is 2.36. The van der Waals surface area contributed by atoms with Crippen molar-refractivity contribution >= 4 is 29.3 Å². The largest absolute Gasteiger partial charge is 0.465 e. The van der Waals surface area contributed by atoms with Crippen LogP contribution in [0.1, 0.15) is 25.3 Å². The molecule has 0 spiro atoms. The summed E-state index contributed by atoms with van der Waals surface area (Å²) in [6.45, 7) is 3.85. The number of benzene rings is 1. The Hall–Kier alpha value is -2.94. The van der Waals surface area contributed by atoms with Crippen molar-refractivity contribution in [2.75, 3.05) is 44.2 Å². The molecular weight excluding hydrogens is 374 g/mol. The molecular formula is C20H27N5O4. The molecule has 156 valence electrons. The van der Waals surface area contributed by atoms with Crippen LogP contribution in [-0.2, 0) is 19.1 Å². The second-order valence-electron chi connectivity index (χ2n) is 7.27. The summed E-state index contributed by atoms with van der Waals surface area (Å²) in [5.74, 6) is -0.488. The molecule has 2 fully saturated rings. The van der Waals surface area contributed by atoms with Crippen molar-refractivity contribution in [1.29, 1.82) is 5.41 Å². The Balaban J connectivity index is 1.57. The highest BCUT2D eigenvalue weighted by atomic mass is 16.5. The Morgan fingerprint density at radius 2 is 1.79 bits per heavy atom. The van der Waals surface area contributed by atoms with E-state index in [1.54, 1.807) is 36.1 Å². The number of ether oxygens (including phenoxy) is 1. The molecule has 1 aromatic carbocycles. The van der Waals surface area contributed by atoms with Crippen molar-refractivity contribution in [3.8, 4) is 0 Å². The normalized spacial score (nSPS) is 18.8. The molecule has 2 amide bonds. The third-order valence-corrected chi connectivity index (χ3v) is 5.37. The lowest BCUT2D eigenvalue weighted by atomic mass is 10.0. The van der Waals surface area contributed by atoms with Gasteiger partial charge in [-0.25, -0.2) is 0 Å². The first kappa shape index (κ1) is 20.8. The topological polar surface area (TPSA) is 120 Å². The third kappa shape index (κ3) is 4.92. The Bertz CT molecular complexity index is 787. The van der Waals surface area contributed by atoms with Crippen molar-refractivity contribution in [2.45, 2.75) is 25.8 Å². The first-order valence-electron chi connectivity index (χ1n) is 9.81. The minimum absolute atomic E-state index is 0.00128. The SMILES string of the molecule is CCOC(=O)CN1CCC(N2CC(=O)N(c3ccc(C(=N)N)cc3)CC2=O)CC1. The summed E-state index contributed by atoms with van der Waals surface area (Å²) in [5.41, 5.74) is 6.65. The summed E-state index contributed by atoms with van der Waals surface area (Å²) in [5, 5.41) is 7.44. The van der Waals surface area contributed by atoms with E-state index in [0.29, 0.717) is 30.9 Å². The molecule has 2 aliphatic rings. The molecule has 0 radical (unpaired) electrons. The van der Waals surface area contributed by atoms with Gasteiger partial charge in [-0.3, -0.25) is 24.7 Å². The number of rotatable bonds is 6. The number of anilines is 1. The van der Waals surface area contributed by atoms with Crippen molar-refractivity contribution in [1.82, 2.24) is 9.80 Å². The molecule has 0 bridgehead atoms. The zero-order chi connectivity index (χ0) is 21.0. The van der Waals surface area contributed by atoms with Gasteiger partial charge in [-0.05, 0) is 44.0 Å². The molecule has 9 nitrogen and oxygen atoms in total. The minimum atomic E-state index is -0.235. The van der Waals surface area contributed by atoms with Crippen LogP contribution < -0.4 is 10.6 Å². The molecule has 2 heterocycles.